The number of hydrogen-bond donors (Lipinski definition) is 2. The molecule has 1 aromatic rings. The summed E-state index contributed by atoms with van der Waals surface area (Å²) in [7, 11) is 0. The molecule has 0 aliphatic carbocycles. The van der Waals surface area contributed by atoms with Crippen LogP contribution in [0.2, 0.25) is 0 Å². The molecule has 1 heterocycles. The Hall–Kier alpha value is -0.650. The summed E-state index contributed by atoms with van der Waals surface area (Å²) in [5.41, 5.74) is 0. The Kier molecular flexibility index (Phi) is 5.51. The number of hydrogen-bond acceptors (Lipinski definition) is 5. The van der Waals surface area contributed by atoms with Crippen LogP contribution < -0.4 is 5.32 Å². The Balaban J connectivity index is 2.20. The smallest absolute Gasteiger partial charge is 0.116 e. The summed E-state index contributed by atoms with van der Waals surface area (Å²) in [5, 5.41) is 13.5. The van der Waals surface area contributed by atoms with Gasteiger partial charge in [0.25, 0.3) is 0 Å². The molecule has 0 aliphatic rings. The standard InChI is InChI=1S/C9H15N3OS/c1-2-10-5-8(13)6-14-9-3-4-11-7-12-9/h3-4,7-8,10,13H,2,5-6H2,1H3. The van der Waals surface area contributed by atoms with E-state index in [0.717, 1.165) is 11.6 Å². The molecule has 4 nitrogen and oxygen atoms in total. The van der Waals surface area contributed by atoms with E-state index in [4.69, 9.17) is 0 Å². The molecule has 14 heavy (non-hydrogen) atoms. The van der Waals surface area contributed by atoms with Gasteiger partial charge in [0.05, 0.1) is 11.1 Å². The van der Waals surface area contributed by atoms with Crippen molar-refractivity contribution in [3.05, 3.63) is 18.6 Å². The molecule has 0 aromatic carbocycles. The molecule has 2 N–H and O–H groups in total. The minimum atomic E-state index is -0.324. The highest BCUT2D eigenvalue weighted by molar-refractivity contribution is 7.99. The van der Waals surface area contributed by atoms with Crippen LogP contribution in [0.1, 0.15) is 6.92 Å². The molecule has 0 radical (unpaired) electrons. The SMILES string of the molecule is CCNCC(O)CSc1ccncn1. The van der Waals surface area contributed by atoms with Gasteiger partial charge in [-0.05, 0) is 12.6 Å². The van der Waals surface area contributed by atoms with E-state index in [1.165, 1.54) is 18.1 Å². The van der Waals surface area contributed by atoms with Crippen molar-refractivity contribution >= 4 is 11.8 Å². The molecule has 78 valence electrons. The average molecular weight is 213 g/mol. The topological polar surface area (TPSA) is 58.0 Å². The monoisotopic (exact) mass is 213 g/mol. The van der Waals surface area contributed by atoms with Gasteiger partial charge in [-0.15, -0.1) is 11.8 Å². The normalized spacial score (nSPS) is 12.7. The number of thioether (sulfide) groups is 1. The second-order valence-corrected chi connectivity index (χ2v) is 3.86. The number of nitrogens with zero attached hydrogens (tertiary/aromatic N) is 2. The van der Waals surface area contributed by atoms with Gasteiger partial charge < -0.3 is 10.4 Å². The number of rotatable bonds is 6. The van der Waals surface area contributed by atoms with E-state index in [9.17, 15) is 5.11 Å². The first-order valence-corrected chi connectivity index (χ1v) is 5.59. The predicted octanol–water partition coefficient (Wildman–Crippen LogP) is 0.539. The maximum atomic E-state index is 9.51. The second kappa shape index (κ2) is 6.75. The molecule has 1 aromatic heterocycles. The quantitative estimate of drug-likeness (QED) is 0.533. The van der Waals surface area contributed by atoms with Gasteiger partial charge in [0.1, 0.15) is 6.33 Å². The number of aliphatic hydroxyl groups is 1. The van der Waals surface area contributed by atoms with Crippen LogP contribution in [0.4, 0.5) is 0 Å². The summed E-state index contributed by atoms with van der Waals surface area (Å²) >= 11 is 1.54. The maximum absolute atomic E-state index is 9.51. The first-order chi connectivity index (χ1) is 6.83. The number of nitrogens with one attached hydrogen (secondary N) is 1. The highest BCUT2D eigenvalue weighted by Crippen LogP contribution is 2.13. The van der Waals surface area contributed by atoms with Crippen LogP contribution in [0.25, 0.3) is 0 Å². The summed E-state index contributed by atoms with van der Waals surface area (Å²) < 4.78 is 0. The summed E-state index contributed by atoms with van der Waals surface area (Å²) in [6.45, 7) is 3.54. The molecule has 0 aliphatic heterocycles. The lowest BCUT2D eigenvalue weighted by Gasteiger charge is -2.09. The zero-order valence-electron chi connectivity index (χ0n) is 8.18. The number of aromatic nitrogens is 2. The highest BCUT2D eigenvalue weighted by Gasteiger charge is 2.04. The summed E-state index contributed by atoms with van der Waals surface area (Å²) in [6, 6.07) is 1.84. The lowest BCUT2D eigenvalue weighted by atomic mass is 10.4. The van der Waals surface area contributed by atoms with E-state index in [0.29, 0.717) is 12.3 Å². The molecular weight excluding hydrogens is 198 g/mol. The average Bonchev–Trinajstić information content (AvgIpc) is 2.25. The largest absolute Gasteiger partial charge is 0.391 e. The van der Waals surface area contributed by atoms with Gasteiger partial charge in [0.2, 0.25) is 0 Å². The van der Waals surface area contributed by atoms with Crippen molar-refractivity contribution in [3.8, 4) is 0 Å². The van der Waals surface area contributed by atoms with Crippen molar-refractivity contribution < 1.29 is 5.11 Å². The molecule has 0 spiro atoms. The fourth-order valence-corrected chi connectivity index (χ4v) is 1.68. The molecule has 0 saturated heterocycles. The predicted molar refractivity (Wildman–Crippen MR) is 57.3 cm³/mol. The zero-order valence-corrected chi connectivity index (χ0v) is 9.00. The fourth-order valence-electron chi connectivity index (χ4n) is 0.915. The second-order valence-electron chi connectivity index (χ2n) is 2.82. The molecule has 0 amide bonds. The van der Waals surface area contributed by atoms with Crippen LogP contribution >= 0.6 is 11.8 Å². The van der Waals surface area contributed by atoms with Crippen LogP contribution in [0.3, 0.4) is 0 Å². The minimum absolute atomic E-state index is 0.324. The third kappa shape index (κ3) is 4.55. The Morgan fingerprint density at radius 1 is 1.64 bits per heavy atom. The van der Waals surface area contributed by atoms with Crippen LogP contribution in [0, 0.1) is 0 Å². The summed E-state index contributed by atoms with van der Waals surface area (Å²) in [4.78, 5) is 7.87. The van der Waals surface area contributed by atoms with E-state index in [1.54, 1.807) is 6.20 Å². The van der Waals surface area contributed by atoms with Crippen molar-refractivity contribution in [1.29, 1.82) is 0 Å². The van der Waals surface area contributed by atoms with Gasteiger partial charge in [-0.1, -0.05) is 6.92 Å². The third-order valence-electron chi connectivity index (χ3n) is 1.61. The molecular formula is C9H15N3OS. The lowest BCUT2D eigenvalue weighted by Crippen LogP contribution is -2.28. The number of aliphatic hydroxyl groups excluding tert-OH is 1. The van der Waals surface area contributed by atoms with Gasteiger partial charge >= 0.3 is 0 Å². The lowest BCUT2D eigenvalue weighted by molar-refractivity contribution is 0.197. The molecule has 1 rings (SSSR count). The summed E-state index contributed by atoms with van der Waals surface area (Å²) in [6.07, 6.45) is 2.89. The van der Waals surface area contributed by atoms with Crippen molar-refractivity contribution in [1.82, 2.24) is 15.3 Å². The van der Waals surface area contributed by atoms with Crippen LogP contribution in [-0.4, -0.2) is 40.0 Å². The van der Waals surface area contributed by atoms with Crippen LogP contribution in [-0.2, 0) is 0 Å². The van der Waals surface area contributed by atoms with Gasteiger partial charge in [-0.25, -0.2) is 9.97 Å². The molecule has 1 unspecified atom stereocenters. The van der Waals surface area contributed by atoms with E-state index in [2.05, 4.69) is 15.3 Å². The Morgan fingerprint density at radius 2 is 2.50 bits per heavy atom. The van der Waals surface area contributed by atoms with E-state index < -0.39 is 0 Å². The van der Waals surface area contributed by atoms with Crippen molar-refractivity contribution in [2.45, 2.75) is 18.1 Å². The van der Waals surface area contributed by atoms with Crippen LogP contribution in [0.15, 0.2) is 23.6 Å². The van der Waals surface area contributed by atoms with Crippen molar-refractivity contribution in [3.63, 3.8) is 0 Å². The van der Waals surface area contributed by atoms with Gasteiger partial charge in [0.15, 0.2) is 0 Å². The fraction of sp³-hybridized carbons (Fsp3) is 0.556. The summed E-state index contributed by atoms with van der Waals surface area (Å²) in [5.74, 6) is 0.657. The van der Waals surface area contributed by atoms with Gasteiger partial charge in [0, 0.05) is 18.5 Å². The zero-order chi connectivity index (χ0) is 10.2. The first kappa shape index (κ1) is 11.4. The number of likely N-dealkylation sites (N-methyl/N-ethyl adjacent to an activating group) is 1. The van der Waals surface area contributed by atoms with Crippen molar-refractivity contribution in [2.24, 2.45) is 0 Å². The molecule has 0 fully saturated rings. The minimum Gasteiger partial charge on any atom is -0.391 e. The maximum Gasteiger partial charge on any atom is 0.116 e. The molecule has 0 bridgehead atoms. The highest BCUT2D eigenvalue weighted by atomic mass is 32.2. The molecule has 1 atom stereocenters. The first-order valence-electron chi connectivity index (χ1n) is 4.60. The van der Waals surface area contributed by atoms with Gasteiger partial charge in [-0.2, -0.15) is 0 Å². The van der Waals surface area contributed by atoms with Crippen LogP contribution in [0.5, 0.6) is 0 Å². The van der Waals surface area contributed by atoms with E-state index in [-0.39, 0.29) is 6.10 Å². The molecule has 5 heteroatoms. The third-order valence-corrected chi connectivity index (χ3v) is 2.70. The Labute approximate surface area is 88.2 Å². The van der Waals surface area contributed by atoms with Gasteiger partial charge in [-0.3, -0.25) is 0 Å². The Morgan fingerprint density at radius 3 is 3.14 bits per heavy atom. The Bertz CT molecular complexity index is 245. The van der Waals surface area contributed by atoms with Crippen molar-refractivity contribution in [2.75, 3.05) is 18.8 Å². The van der Waals surface area contributed by atoms with E-state index in [1.807, 2.05) is 13.0 Å². The molecule has 0 saturated carbocycles. The van der Waals surface area contributed by atoms with E-state index >= 15 is 0 Å².